The molecule has 1 aliphatic heterocycles. The molecule has 2 heterocycles. The molecule has 4 heteroatoms. The first-order valence-corrected chi connectivity index (χ1v) is 7.62. The van der Waals surface area contributed by atoms with E-state index < -0.39 is 0 Å². The van der Waals surface area contributed by atoms with Gasteiger partial charge in [0.25, 0.3) is 0 Å². The van der Waals surface area contributed by atoms with Gasteiger partial charge in [-0.05, 0) is 51.4 Å². The zero-order valence-corrected chi connectivity index (χ0v) is 12.7. The Morgan fingerprint density at radius 3 is 2.68 bits per heavy atom. The summed E-state index contributed by atoms with van der Waals surface area (Å²) < 4.78 is 5.86. The molecule has 0 atom stereocenters. The van der Waals surface area contributed by atoms with Crippen LogP contribution in [-0.2, 0) is 5.88 Å². The van der Waals surface area contributed by atoms with Gasteiger partial charge in [0.2, 0.25) is 5.88 Å². The van der Waals surface area contributed by atoms with Crippen molar-refractivity contribution in [3.8, 4) is 5.88 Å². The van der Waals surface area contributed by atoms with Gasteiger partial charge >= 0.3 is 0 Å². The number of hydrogen-bond acceptors (Lipinski definition) is 3. The number of hydrogen-bond donors (Lipinski definition) is 0. The summed E-state index contributed by atoms with van der Waals surface area (Å²) >= 11 is 5.99. The van der Waals surface area contributed by atoms with Crippen LogP contribution in [0.3, 0.4) is 0 Å². The fourth-order valence-electron chi connectivity index (χ4n) is 2.57. The Hall–Kier alpha value is -0.800. The molecule has 0 unspecified atom stereocenters. The number of pyridine rings is 1. The van der Waals surface area contributed by atoms with E-state index in [1.165, 1.54) is 32.4 Å². The Balaban J connectivity index is 1.91. The van der Waals surface area contributed by atoms with Gasteiger partial charge < -0.3 is 4.74 Å². The van der Waals surface area contributed by atoms with E-state index in [2.05, 4.69) is 22.9 Å². The van der Waals surface area contributed by atoms with Gasteiger partial charge in [0.05, 0.1) is 5.88 Å². The van der Waals surface area contributed by atoms with Gasteiger partial charge in [-0.3, -0.25) is 4.90 Å². The monoisotopic (exact) mass is 282 g/mol. The van der Waals surface area contributed by atoms with Crippen molar-refractivity contribution in [2.45, 2.75) is 39.0 Å². The average molecular weight is 283 g/mol. The molecule has 1 aliphatic rings. The molecular formula is C15H23ClN2O. The number of likely N-dealkylation sites (tertiary alicyclic amines) is 1. The number of aryl methyl sites for hydroxylation is 2. The van der Waals surface area contributed by atoms with Gasteiger partial charge in [0.15, 0.2) is 0 Å². The highest BCUT2D eigenvalue weighted by Gasteiger charge is 2.12. The molecule has 0 bridgehead atoms. The minimum absolute atomic E-state index is 0.457. The zero-order chi connectivity index (χ0) is 13.7. The quantitative estimate of drug-likeness (QED) is 0.775. The number of piperidine rings is 1. The first-order valence-electron chi connectivity index (χ1n) is 7.09. The Kier molecular flexibility index (Phi) is 5.46. The molecule has 2 rings (SSSR count). The lowest BCUT2D eigenvalue weighted by Crippen LogP contribution is -2.33. The predicted molar refractivity (Wildman–Crippen MR) is 79.1 cm³/mol. The van der Waals surface area contributed by atoms with Gasteiger partial charge in [0, 0.05) is 17.8 Å². The molecule has 0 N–H and O–H groups in total. The number of ether oxygens (including phenoxy) is 1. The first kappa shape index (κ1) is 14.6. The van der Waals surface area contributed by atoms with E-state index in [1.807, 2.05) is 6.92 Å². The van der Waals surface area contributed by atoms with Crippen molar-refractivity contribution in [3.63, 3.8) is 0 Å². The summed E-state index contributed by atoms with van der Waals surface area (Å²) in [6, 6.07) is 2.05. The summed E-state index contributed by atoms with van der Waals surface area (Å²) in [4.78, 5) is 6.93. The van der Waals surface area contributed by atoms with Crippen molar-refractivity contribution in [2.24, 2.45) is 0 Å². The van der Waals surface area contributed by atoms with Crippen LogP contribution in [0.2, 0.25) is 0 Å². The Bertz CT molecular complexity index is 417. The molecule has 0 radical (unpaired) electrons. The molecule has 0 saturated carbocycles. The predicted octanol–water partition coefficient (Wildman–Crippen LogP) is 3.30. The fourth-order valence-corrected chi connectivity index (χ4v) is 2.89. The van der Waals surface area contributed by atoms with E-state index in [-0.39, 0.29) is 0 Å². The van der Waals surface area contributed by atoms with E-state index in [4.69, 9.17) is 16.3 Å². The molecule has 19 heavy (non-hydrogen) atoms. The standard InChI is InChI=1S/C15H23ClN2O/c1-12-10-13(2)17-15(14(12)11-16)19-9-8-18-6-4-3-5-7-18/h10H,3-9,11H2,1-2H3. The second-order valence-corrected chi connectivity index (χ2v) is 5.52. The molecule has 1 aromatic rings. The van der Waals surface area contributed by atoms with E-state index in [9.17, 15) is 0 Å². The van der Waals surface area contributed by atoms with Gasteiger partial charge in [-0.1, -0.05) is 6.42 Å². The van der Waals surface area contributed by atoms with Crippen LogP contribution in [0.15, 0.2) is 6.07 Å². The minimum atomic E-state index is 0.457. The van der Waals surface area contributed by atoms with Crippen molar-refractivity contribution in [2.75, 3.05) is 26.2 Å². The Morgan fingerprint density at radius 2 is 2.00 bits per heavy atom. The maximum Gasteiger partial charge on any atom is 0.218 e. The van der Waals surface area contributed by atoms with E-state index in [1.54, 1.807) is 0 Å². The molecule has 0 aliphatic carbocycles. The molecular weight excluding hydrogens is 260 g/mol. The number of aromatic nitrogens is 1. The molecule has 3 nitrogen and oxygen atoms in total. The van der Waals surface area contributed by atoms with Crippen LogP contribution < -0.4 is 4.74 Å². The van der Waals surface area contributed by atoms with Crippen LogP contribution in [-0.4, -0.2) is 36.1 Å². The maximum atomic E-state index is 5.99. The van der Waals surface area contributed by atoms with Crippen molar-refractivity contribution in [1.82, 2.24) is 9.88 Å². The van der Waals surface area contributed by atoms with Gasteiger partial charge in [-0.15, -0.1) is 11.6 Å². The van der Waals surface area contributed by atoms with E-state index in [0.29, 0.717) is 18.4 Å². The number of rotatable bonds is 5. The van der Waals surface area contributed by atoms with Crippen LogP contribution >= 0.6 is 11.6 Å². The second kappa shape index (κ2) is 7.11. The van der Waals surface area contributed by atoms with Crippen molar-refractivity contribution >= 4 is 11.6 Å². The molecule has 0 amide bonds. The van der Waals surface area contributed by atoms with Crippen molar-refractivity contribution in [1.29, 1.82) is 0 Å². The van der Waals surface area contributed by atoms with Crippen LogP contribution in [0.4, 0.5) is 0 Å². The molecule has 106 valence electrons. The summed E-state index contributed by atoms with van der Waals surface area (Å²) in [5.41, 5.74) is 3.17. The summed E-state index contributed by atoms with van der Waals surface area (Å²) in [6.45, 7) is 8.13. The smallest absolute Gasteiger partial charge is 0.218 e. The summed E-state index contributed by atoms with van der Waals surface area (Å²) in [5, 5.41) is 0. The van der Waals surface area contributed by atoms with Crippen LogP contribution in [0.1, 0.15) is 36.1 Å². The zero-order valence-electron chi connectivity index (χ0n) is 11.9. The van der Waals surface area contributed by atoms with Gasteiger partial charge in [-0.2, -0.15) is 0 Å². The van der Waals surface area contributed by atoms with E-state index in [0.717, 1.165) is 23.4 Å². The van der Waals surface area contributed by atoms with E-state index >= 15 is 0 Å². The second-order valence-electron chi connectivity index (χ2n) is 5.25. The molecule has 1 fully saturated rings. The third kappa shape index (κ3) is 4.08. The maximum absolute atomic E-state index is 5.99. The Labute approximate surface area is 120 Å². The number of nitrogens with zero attached hydrogens (tertiary/aromatic N) is 2. The lowest BCUT2D eigenvalue weighted by atomic mass is 10.1. The summed E-state index contributed by atoms with van der Waals surface area (Å²) in [7, 11) is 0. The molecule has 0 spiro atoms. The number of alkyl halides is 1. The van der Waals surface area contributed by atoms with Crippen LogP contribution in [0.25, 0.3) is 0 Å². The highest BCUT2D eigenvalue weighted by Crippen LogP contribution is 2.22. The van der Waals surface area contributed by atoms with Gasteiger partial charge in [-0.25, -0.2) is 4.98 Å². The highest BCUT2D eigenvalue weighted by molar-refractivity contribution is 6.17. The highest BCUT2D eigenvalue weighted by atomic mass is 35.5. The summed E-state index contributed by atoms with van der Waals surface area (Å²) in [6.07, 6.45) is 4.00. The van der Waals surface area contributed by atoms with Crippen molar-refractivity contribution < 1.29 is 4.74 Å². The van der Waals surface area contributed by atoms with Crippen LogP contribution in [0.5, 0.6) is 5.88 Å². The third-order valence-corrected chi connectivity index (χ3v) is 3.93. The van der Waals surface area contributed by atoms with Crippen molar-refractivity contribution in [3.05, 3.63) is 22.9 Å². The molecule has 1 saturated heterocycles. The number of halogens is 1. The summed E-state index contributed by atoms with van der Waals surface area (Å²) in [5.74, 6) is 1.17. The SMILES string of the molecule is Cc1cc(C)c(CCl)c(OCCN2CCCCC2)n1. The molecule has 0 aromatic carbocycles. The average Bonchev–Trinajstić information content (AvgIpc) is 2.39. The topological polar surface area (TPSA) is 25.4 Å². The lowest BCUT2D eigenvalue weighted by molar-refractivity contribution is 0.180. The minimum Gasteiger partial charge on any atom is -0.476 e. The van der Waals surface area contributed by atoms with Crippen LogP contribution in [0, 0.1) is 13.8 Å². The lowest BCUT2D eigenvalue weighted by Gasteiger charge is -2.26. The fraction of sp³-hybridized carbons (Fsp3) is 0.667. The molecule has 1 aromatic heterocycles. The van der Waals surface area contributed by atoms with Gasteiger partial charge in [0.1, 0.15) is 6.61 Å². The first-order chi connectivity index (χ1) is 9.20. The normalized spacial score (nSPS) is 16.6. The Morgan fingerprint density at radius 1 is 1.26 bits per heavy atom. The largest absolute Gasteiger partial charge is 0.476 e. The third-order valence-electron chi connectivity index (χ3n) is 3.67.